The Hall–Kier alpha value is -0.610. The number of aliphatic hydroxyl groups excluding tert-OH is 2. The van der Waals surface area contributed by atoms with Gasteiger partial charge in [-0.05, 0) is 104 Å². The zero-order valence-corrected chi connectivity index (χ0v) is 19.4. The molecule has 4 fully saturated rings. The Balaban J connectivity index is 1.54. The molecule has 4 aliphatic carbocycles. The summed E-state index contributed by atoms with van der Waals surface area (Å²) in [7, 11) is 0. The summed E-state index contributed by atoms with van der Waals surface area (Å²) in [6.45, 7) is 7.23. The fourth-order valence-electron chi connectivity index (χ4n) is 9.21. The first-order chi connectivity index (χ1) is 14.2. The van der Waals surface area contributed by atoms with Crippen LogP contribution < -0.4 is 0 Å². The van der Waals surface area contributed by atoms with Gasteiger partial charge in [-0.15, -0.1) is 0 Å². The maximum Gasteiger partial charge on any atom is 0.303 e. The predicted molar refractivity (Wildman–Crippen MR) is 118 cm³/mol. The summed E-state index contributed by atoms with van der Waals surface area (Å²) in [6.07, 6.45) is 11.7. The summed E-state index contributed by atoms with van der Waals surface area (Å²) in [4.78, 5) is 10.9. The summed E-state index contributed by atoms with van der Waals surface area (Å²) in [5.41, 5.74) is 0.575. The smallest absolute Gasteiger partial charge is 0.303 e. The molecule has 0 radical (unpaired) electrons. The predicted octanol–water partition coefficient (Wildman–Crippen LogP) is 5.26. The lowest BCUT2D eigenvalue weighted by Crippen LogP contribution is -2.62. The zero-order valence-electron chi connectivity index (χ0n) is 19.4. The zero-order chi connectivity index (χ0) is 21.7. The van der Waals surface area contributed by atoms with Crippen molar-refractivity contribution in [3.8, 4) is 0 Å². The second-order valence-corrected chi connectivity index (χ2v) is 11.9. The minimum Gasteiger partial charge on any atom is -0.481 e. The fraction of sp³-hybridized carbons (Fsp3) is 0.962. The number of unbranched alkanes of at least 4 members (excludes halogenated alkanes) is 1. The second-order valence-electron chi connectivity index (χ2n) is 11.9. The standard InChI is InChI=1S/C26H44O4/c1-4-18-21-15-17(27)11-13-26(21,3)20-12-14-25(2)16(7-5-6-8-22(28)29)9-10-19(25)23(20)24(18)30/h16-21,23-24,27,30H,4-15H2,1-3H3,(H,28,29)/t16-,17+,18+,19?,20?,21?,23?,24+,25+,26+/m0/s1. The van der Waals surface area contributed by atoms with Crippen LogP contribution in [-0.2, 0) is 4.79 Å². The molecule has 0 aromatic heterocycles. The SMILES string of the molecule is CC[C@@H]1C2C[C@H](O)CC[C@]2(C)C2CC[C@@]3(C)C(CC[C@@H]3CCCCC(=O)O)C2[C@@H]1O. The van der Waals surface area contributed by atoms with E-state index in [4.69, 9.17) is 5.11 Å². The molecule has 0 bridgehead atoms. The van der Waals surface area contributed by atoms with E-state index in [9.17, 15) is 15.0 Å². The van der Waals surface area contributed by atoms with Gasteiger partial charge in [0, 0.05) is 6.42 Å². The van der Waals surface area contributed by atoms with Gasteiger partial charge in [0.25, 0.3) is 0 Å². The number of carboxylic acid groups (broad SMARTS) is 1. The molecule has 0 heterocycles. The summed E-state index contributed by atoms with van der Waals surface area (Å²) in [5, 5.41) is 31.0. The lowest BCUT2D eigenvalue weighted by atomic mass is 9.41. The first-order valence-electron chi connectivity index (χ1n) is 12.8. The third kappa shape index (κ3) is 3.54. The molecule has 4 saturated carbocycles. The van der Waals surface area contributed by atoms with Gasteiger partial charge in [0.2, 0.25) is 0 Å². The Morgan fingerprint density at radius 1 is 0.933 bits per heavy atom. The van der Waals surface area contributed by atoms with Crippen molar-refractivity contribution in [2.45, 2.75) is 110 Å². The Kier molecular flexibility index (Phi) is 6.31. The van der Waals surface area contributed by atoms with E-state index < -0.39 is 5.97 Å². The molecule has 4 heteroatoms. The van der Waals surface area contributed by atoms with Gasteiger partial charge in [-0.3, -0.25) is 4.79 Å². The highest BCUT2D eigenvalue weighted by Crippen LogP contribution is 2.69. The van der Waals surface area contributed by atoms with Gasteiger partial charge >= 0.3 is 5.97 Å². The lowest BCUT2D eigenvalue weighted by Gasteiger charge is -2.64. The van der Waals surface area contributed by atoms with Crippen LogP contribution in [0.25, 0.3) is 0 Å². The van der Waals surface area contributed by atoms with Crippen molar-refractivity contribution in [1.29, 1.82) is 0 Å². The van der Waals surface area contributed by atoms with Crippen LogP contribution in [0.4, 0.5) is 0 Å². The first kappa shape index (κ1) is 22.6. The van der Waals surface area contributed by atoms with E-state index in [-0.39, 0.29) is 17.6 Å². The van der Waals surface area contributed by atoms with Crippen LogP contribution in [0.1, 0.15) is 97.8 Å². The second kappa shape index (κ2) is 8.39. The molecule has 10 atom stereocenters. The van der Waals surface area contributed by atoms with Crippen molar-refractivity contribution in [3.63, 3.8) is 0 Å². The van der Waals surface area contributed by atoms with E-state index in [1.54, 1.807) is 0 Å². The molecule has 4 rings (SSSR count). The van der Waals surface area contributed by atoms with Crippen molar-refractivity contribution in [3.05, 3.63) is 0 Å². The van der Waals surface area contributed by atoms with Crippen LogP contribution >= 0.6 is 0 Å². The minimum atomic E-state index is -0.678. The number of carboxylic acids is 1. The molecule has 0 spiro atoms. The minimum absolute atomic E-state index is 0.184. The molecular weight excluding hydrogens is 376 g/mol. The molecule has 4 aliphatic rings. The molecule has 4 unspecified atom stereocenters. The average molecular weight is 421 g/mol. The van der Waals surface area contributed by atoms with Crippen LogP contribution in [-0.4, -0.2) is 33.5 Å². The normalized spacial score (nSPS) is 50.4. The summed E-state index contributed by atoms with van der Waals surface area (Å²) < 4.78 is 0. The van der Waals surface area contributed by atoms with E-state index >= 15 is 0 Å². The van der Waals surface area contributed by atoms with Gasteiger partial charge in [-0.25, -0.2) is 0 Å². The number of hydrogen-bond donors (Lipinski definition) is 3. The molecule has 4 nitrogen and oxygen atoms in total. The molecule has 0 aromatic rings. The first-order valence-corrected chi connectivity index (χ1v) is 12.8. The van der Waals surface area contributed by atoms with E-state index in [1.807, 2.05) is 0 Å². The average Bonchev–Trinajstić information content (AvgIpc) is 3.03. The summed E-state index contributed by atoms with van der Waals surface area (Å²) in [5.74, 6) is 2.40. The monoisotopic (exact) mass is 420 g/mol. The molecule has 30 heavy (non-hydrogen) atoms. The third-order valence-electron chi connectivity index (χ3n) is 10.8. The number of aliphatic carboxylic acids is 1. The highest BCUT2D eigenvalue weighted by atomic mass is 16.4. The topological polar surface area (TPSA) is 77.8 Å². The van der Waals surface area contributed by atoms with Crippen LogP contribution in [0.5, 0.6) is 0 Å². The number of hydrogen-bond acceptors (Lipinski definition) is 3. The highest BCUT2D eigenvalue weighted by Gasteiger charge is 2.64. The van der Waals surface area contributed by atoms with Crippen LogP contribution in [0.2, 0.25) is 0 Å². The number of rotatable bonds is 6. The van der Waals surface area contributed by atoms with Gasteiger partial charge in [0.1, 0.15) is 0 Å². The van der Waals surface area contributed by atoms with E-state index in [1.165, 1.54) is 25.7 Å². The van der Waals surface area contributed by atoms with Crippen LogP contribution in [0, 0.1) is 46.3 Å². The van der Waals surface area contributed by atoms with Crippen molar-refractivity contribution in [2.75, 3.05) is 0 Å². The van der Waals surface area contributed by atoms with Crippen LogP contribution in [0.15, 0.2) is 0 Å². The number of carbonyl (C=O) groups is 1. The van der Waals surface area contributed by atoms with E-state index in [2.05, 4.69) is 20.8 Å². The summed E-state index contributed by atoms with van der Waals surface area (Å²) >= 11 is 0. The summed E-state index contributed by atoms with van der Waals surface area (Å²) in [6, 6.07) is 0. The third-order valence-corrected chi connectivity index (χ3v) is 10.8. The number of aliphatic hydroxyl groups is 2. The van der Waals surface area contributed by atoms with Gasteiger partial charge in [0.15, 0.2) is 0 Å². The lowest BCUT2D eigenvalue weighted by molar-refractivity contribution is -0.202. The van der Waals surface area contributed by atoms with Gasteiger partial charge in [0.05, 0.1) is 12.2 Å². The maximum absolute atomic E-state index is 11.7. The van der Waals surface area contributed by atoms with Gasteiger partial charge in [-0.2, -0.15) is 0 Å². The quantitative estimate of drug-likeness (QED) is 0.512. The Morgan fingerprint density at radius 3 is 2.33 bits per heavy atom. The molecule has 3 N–H and O–H groups in total. The molecule has 0 saturated heterocycles. The van der Waals surface area contributed by atoms with Crippen molar-refractivity contribution in [2.24, 2.45) is 46.3 Å². The fourth-order valence-corrected chi connectivity index (χ4v) is 9.21. The van der Waals surface area contributed by atoms with Crippen LogP contribution in [0.3, 0.4) is 0 Å². The maximum atomic E-state index is 11.7. The molecule has 0 aromatic carbocycles. The van der Waals surface area contributed by atoms with Gasteiger partial charge in [-0.1, -0.05) is 33.6 Å². The van der Waals surface area contributed by atoms with E-state index in [0.29, 0.717) is 47.3 Å². The molecule has 0 amide bonds. The van der Waals surface area contributed by atoms with E-state index in [0.717, 1.165) is 44.9 Å². The van der Waals surface area contributed by atoms with Crippen molar-refractivity contribution in [1.82, 2.24) is 0 Å². The number of fused-ring (bicyclic) bond motifs is 5. The molecule has 0 aliphatic heterocycles. The van der Waals surface area contributed by atoms with Crippen molar-refractivity contribution >= 4 is 5.97 Å². The Labute approximate surface area is 182 Å². The Morgan fingerprint density at radius 2 is 1.63 bits per heavy atom. The Bertz CT molecular complexity index is 635. The van der Waals surface area contributed by atoms with Gasteiger partial charge < -0.3 is 15.3 Å². The molecular formula is C26H44O4. The highest BCUT2D eigenvalue weighted by molar-refractivity contribution is 5.66. The molecule has 172 valence electrons. The van der Waals surface area contributed by atoms with Crippen molar-refractivity contribution < 1.29 is 20.1 Å². The largest absolute Gasteiger partial charge is 0.481 e.